The number of hydrogen-bond acceptors (Lipinski definition) is 3. The van der Waals surface area contributed by atoms with Crippen molar-refractivity contribution in [1.29, 1.82) is 0 Å². The van der Waals surface area contributed by atoms with Gasteiger partial charge in [0.2, 0.25) is 0 Å². The number of carbonyl (C=O) groups is 2. The third-order valence-electron chi connectivity index (χ3n) is 3.51. The predicted octanol–water partition coefficient (Wildman–Crippen LogP) is 1.77. The number of fused-ring (bicyclic) bond motifs is 1. The third kappa shape index (κ3) is 2.41. The van der Waals surface area contributed by atoms with E-state index < -0.39 is 17.9 Å². The summed E-state index contributed by atoms with van der Waals surface area (Å²) >= 11 is 0. The number of carboxylic acid groups (broad SMARTS) is 1. The number of rotatable bonds is 3. The van der Waals surface area contributed by atoms with Gasteiger partial charge in [-0.05, 0) is 19.9 Å². The summed E-state index contributed by atoms with van der Waals surface area (Å²) < 4.78 is 5.71. The van der Waals surface area contributed by atoms with Crippen molar-refractivity contribution in [2.24, 2.45) is 0 Å². The number of carbonyl (C=O) groups excluding carboxylic acids is 1. The lowest BCUT2D eigenvalue weighted by atomic mass is 9.97. The average molecular weight is 263 g/mol. The van der Waals surface area contributed by atoms with Gasteiger partial charge in [0.1, 0.15) is 17.9 Å². The molecule has 1 aliphatic heterocycles. The largest absolute Gasteiger partial charge is 0.489 e. The van der Waals surface area contributed by atoms with Crippen molar-refractivity contribution in [3.63, 3.8) is 0 Å². The summed E-state index contributed by atoms with van der Waals surface area (Å²) in [6, 6.07) is 4.44. The number of benzene rings is 1. The van der Waals surface area contributed by atoms with Crippen LogP contribution in [0.4, 0.5) is 0 Å². The van der Waals surface area contributed by atoms with Gasteiger partial charge < -0.3 is 15.2 Å². The summed E-state index contributed by atoms with van der Waals surface area (Å²) in [5, 5.41) is 11.2. The van der Waals surface area contributed by atoms with Crippen LogP contribution < -0.4 is 10.1 Å². The van der Waals surface area contributed by atoms with Crippen molar-refractivity contribution in [3.05, 3.63) is 29.3 Å². The Morgan fingerprint density at radius 3 is 2.68 bits per heavy atom. The van der Waals surface area contributed by atoms with Gasteiger partial charge in [-0.15, -0.1) is 0 Å². The molecule has 1 amide bonds. The normalized spacial score (nSPS) is 22.3. The van der Waals surface area contributed by atoms with Gasteiger partial charge in [0, 0.05) is 11.5 Å². The van der Waals surface area contributed by atoms with Gasteiger partial charge in [-0.25, -0.2) is 0 Å². The lowest BCUT2D eigenvalue weighted by Gasteiger charge is -2.12. The molecule has 2 rings (SSSR count). The van der Waals surface area contributed by atoms with E-state index in [-0.39, 0.29) is 12.0 Å². The van der Waals surface area contributed by atoms with Crippen LogP contribution in [0, 0.1) is 0 Å². The first kappa shape index (κ1) is 13.4. The Kier molecular flexibility index (Phi) is 3.46. The van der Waals surface area contributed by atoms with E-state index in [1.165, 1.54) is 6.92 Å². The molecule has 0 saturated heterocycles. The molecule has 2 N–H and O–H groups in total. The minimum absolute atomic E-state index is 0.0147. The van der Waals surface area contributed by atoms with E-state index in [9.17, 15) is 9.59 Å². The number of amides is 1. The SMILES string of the molecule is CC1Oc2c(C(=O)N[C@@H](C)C(=O)O)cccc2C1C. The molecule has 1 aliphatic rings. The Labute approximate surface area is 111 Å². The van der Waals surface area contributed by atoms with E-state index in [1.54, 1.807) is 12.1 Å². The fourth-order valence-electron chi connectivity index (χ4n) is 2.10. The highest BCUT2D eigenvalue weighted by atomic mass is 16.5. The van der Waals surface area contributed by atoms with Crippen molar-refractivity contribution < 1.29 is 19.4 Å². The summed E-state index contributed by atoms with van der Waals surface area (Å²) in [6.07, 6.45) is 0.0147. The molecular formula is C14H17NO4. The number of aliphatic carboxylic acids is 1. The molecule has 0 aromatic heterocycles. The van der Waals surface area contributed by atoms with Crippen molar-refractivity contribution in [1.82, 2.24) is 5.32 Å². The van der Waals surface area contributed by atoms with Crippen LogP contribution in [-0.4, -0.2) is 29.1 Å². The Bertz CT molecular complexity index is 526. The standard InChI is InChI=1S/C14H17NO4/c1-7-9(3)19-12-10(7)5-4-6-11(12)13(16)15-8(2)14(17)18/h4-9H,1-3H3,(H,15,16)(H,17,18)/t7?,8-,9?/m0/s1. The van der Waals surface area contributed by atoms with Crippen LogP contribution in [0.2, 0.25) is 0 Å². The highest BCUT2D eigenvalue weighted by Crippen LogP contribution is 2.40. The molecule has 5 nitrogen and oxygen atoms in total. The number of nitrogens with one attached hydrogen (secondary N) is 1. The van der Waals surface area contributed by atoms with Crippen LogP contribution in [0.5, 0.6) is 5.75 Å². The Balaban J connectivity index is 2.28. The van der Waals surface area contributed by atoms with Crippen molar-refractivity contribution >= 4 is 11.9 Å². The molecule has 2 unspecified atom stereocenters. The fraction of sp³-hybridized carbons (Fsp3) is 0.429. The monoisotopic (exact) mass is 263 g/mol. The molecular weight excluding hydrogens is 246 g/mol. The first-order valence-corrected chi connectivity index (χ1v) is 6.25. The van der Waals surface area contributed by atoms with E-state index in [0.29, 0.717) is 11.3 Å². The fourth-order valence-corrected chi connectivity index (χ4v) is 2.10. The van der Waals surface area contributed by atoms with Gasteiger partial charge in [-0.3, -0.25) is 9.59 Å². The maximum absolute atomic E-state index is 12.1. The molecule has 1 heterocycles. The first-order chi connectivity index (χ1) is 8.91. The second-order valence-corrected chi connectivity index (χ2v) is 4.87. The summed E-state index contributed by atoms with van der Waals surface area (Å²) in [7, 11) is 0. The summed E-state index contributed by atoms with van der Waals surface area (Å²) in [4.78, 5) is 22.8. The Morgan fingerprint density at radius 1 is 1.37 bits per heavy atom. The van der Waals surface area contributed by atoms with Crippen LogP contribution in [-0.2, 0) is 4.79 Å². The summed E-state index contributed by atoms with van der Waals surface area (Å²) in [5.74, 6) is -0.700. The highest BCUT2D eigenvalue weighted by Gasteiger charge is 2.31. The molecule has 102 valence electrons. The maximum atomic E-state index is 12.1. The van der Waals surface area contributed by atoms with E-state index >= 15 is 0 Å². The van der Waals surface area contributed by atoms with E-state index in [1.807, 2.05) is 19.9 Å². The number of para-hydroxylation sites is 1. The van der Waals surface area contributed by atoms with Gasteiger partial charge in [0.05, 0.1) is 5.56 Å². The summed E-state index contributed by atoms with van der Waals surface area (Å²) in [6.45, 7) is 5.42. The van der Waals surface area contributed by atoms with Crippen LogP contribution in [0.25, 0.3) is 0 Å². The van der Waals surface area contributed by atoms with Crippen molar-refractivity contribution in [2.45, 2.75) is 38.8 Å². The highest BCUT2D eigenvalue weighted by molar-refractivity contribution is 5.99. The molecule has 0 radical (unpaired) electrons. The topological polar surface area (TPSA) is 75.6 Å². The molecule has 0 bridgehead atoms. The van der Waals surface area contributed by atoms with Gasteiger partial charge in [-0.1, -0.05) is 19.1 Å². The molecule has 0 saturated carbocycles. The number of hydrogen-bond donors (Lipinski definition) is 2. The molecule has 19 heavy (non-hydrogen) atoms. The van der Waals surface area contributed by atoms with Crippen LogP contribution >= 0.6 is 0 Å². The molecule has 0 spiro atoms. The van der Waals surface area contributed by atoms with Crippen LogP contribution in [0.3, 0.4) is 0 Å². The molecule has 3 atom stereocenters. The Hall–Kier alpha value is -2.04. The first-order valence-electron chi connectivity index (χ1n) is 6.25. The number of ether oxygens (including phenoxy) is 1. The zero-order chi connectivity index (χ0) is 14.2. The lowest BCUT2D eigenvalue weighted by molar-refractivity contribution is -0.138. The van der Waals surface area contributed by atoms with E-state index in [0.717, 1.165) is 5.56 Å². The third-order valence-corrected chi connectivity index (χ3v) is 3.51. The molecule has 0 fully saturated rings. The van der Waals surface area contributed by atoms with Crippen LogP contribution in [0.1, 0.15) is 42.6 Å². The zero-order valence-electron chi connectivity index (χ0n) is 11.1. The zero-order valence-corrected chi connectivity index (χ0v) is 11.1. The minimum atomic E-state index is -1.07. The van der Waals surface area contributed by atoms with Crippen molar-refractivity contribution in [3.8, 4) is 5.75 Å². The quantitative estimate of drug-likeness (QED) is 0.871. The maximum Gasteiger partial charge on any atom is 0.325 e. The predicted molar refractivity (Wildman–Crippen MR) is 69.5 cm³/mol. The van der Waals surface area contributed by atoms with E-state index in [4.69, 9.17) is 9.84 Å². The molecule has 5 heteroatoms. The second kappa shape index (κ2) is 4.91. The van der Waals surface area contributed by atoms with Gasteiger partial charge in [0.15, 0.2) is 0 Å². The smallest absolute Gasteiger partial charge is 0.325 e. The van der Waals surface area contributed by atoms with Gasteiger partial charge >= 0.3 is 5.97 Å². The van der Waals surface area contributed by atoms with Gasteiger partial charge in [-0.2, -0.15) is 0 Å². The van der Waals surface area contributed by atoms with E-state index in [2.05, 4.69) is 5.32 Å². The lowest BCUT2D eigenvalue weighted by Crippen LogP contribution is -2.38. The number of carboxylic acids is 1. The van der Waals surface area contributed by atoms with Crippen molar-refractivity contribution in [2.75, 3.05) is 0 Å². The second-order valence-electron chi connectivity index (χ2n) is 4.87. The van der Waals surface area contributed by atoms with Gasteiger partial charge in [0.25, 0.3) is 5.91 Å². The summed E-state index contributed by atoms with van der Waals surface area (Å²) in [5.41, 5.74) is 1.38. The minimum Gasteiger partial charge on any atom is -0.489 e. The van der Waals surface area contributed by atoms with Crippen LogP contribution in [0.15, 0.2) is 18.2 Å². The Morgan fingerprint density at radius 2 is 2.05 bits per heavy atom. The average Bonchev–Trinajstić information content (AvgIpc) is 2.65. The molecule has 1 aromatic rings. The molecule has 0 aliphatic carbocycles. The molecule has 1 aromatic carbocycles.